The van der Waals surface area contributed by atoms with Gasteiger partial charge < -0.3 is 14.8 Å². The van der Waals surface area contributed by atoms with Crippen LogP contribution in [0.2, 0.25) is 0 Å². The Hall–Kier alpha value is -3.52. The van der Waals surface area contributed by atoms with Crippen molar-refractivity contribution in [3.8, 4) is 11.5 Å². The van der Waals surface area contributed by atoms with Gasteiger partial charge in [0.1, 0.15) is 6.54 Å². The van der Waals surface area contributed by atoms with Crippen LogP contribution in [-0.4, -0.2) is 41.6 Å². The molecule has 8 heteroatoms. The van der Waals surface area contributed by atoms with Crippen LogP contribution < -0.4 is 19.1 Å². The number of hydrogen-bond donors (Lipinski definition) is 1. The van der Waals surface area contributed by atoms with Gasteiger partial charge in [-0.05, 0) is 61.7 Å². The zero-order valence-corrected chi connectivity index (χ0v) is 20.7. The first kappa shape index (κ1) is 25.1. The summed E-state index contributed by atoms with van der Waals surface area (Å²) < 4.78 is 38.6. The Labute approximate surface area is 201 Å². The van der Waals surface area contributed by atoms with Gasteiger partial charge in [0.05, 0.1) is 24.8 Å². The Bertz CT molecular complexity index is 1240. The summed E-state index contributed by atoms with van der Waals surface area (Å²) in [6.45, 7) is 3.80. The second-order valence-electron chi connectivity index (χ2n) is 7.90. The van der Waals surface area contributed by atoms with Crippen LogP contribution >= 0.6 is 0 Å². The molecule has 0 spiro atoms. The normalized spacial score (nSPS) is 11.1. The first-order valence-corrected chi connectivity index (χ1v) is 12.3. The van der Waals surface area contributed by atoms with Crippen molar-refractivity contribution in [3.63, 3.8) is 0 Å². The highest BCUT2D eigenvalue weighted by atomic mass is 32.2. The Kier molecular flexibility index (Phi) is 8.17. The van der Waals surface area contributed by atoms with E-state index in [9.17, 15) is 13.2 Å². The number of carbonyl (C=O) groups is 1. The molecule has 0 saturated heterocycles. The summed E-state index contributed by atoms with van der Waals surface area (Å²) in [5.74, 6) is 0.853. The van der Waals surface area contributed by atoms with Crippen LogP contribution in [0.3, 0.4) is 0 Å². The van der Waals surface area contributed by atoms with Crippen molar-refractivity contribution >= 4 is 21.6 Å². The van der Waals surface area contributed by atoms with E-state index in [1.807, 2.05) is 44.2 Å². The highest BCUT2D eigenvalue weighted by Gasteiger charge is 2.28. The topological polar surface area (TPSA) is 84.9 Å². The number of aryl methyl sites for hydroxylation is 2. The number of carbonyl (C=O) groups excluding carboxylic acids is 1. The molecule has 0 bridgehead atoms. The van der Waals surface area contributed by atoms with Crippen molar-refractivity contribution in [2.24, 2.45) is 0 Å². The molecule has 1 N–H and O–H groups in total. The SMILES string of the molecule is COc1ccc(CCNC(=O)CN(c2ccc(C)cc2C)S(=O)(=O)c2ccccc2)cc1OC. The summed E-state index contributed by atoms with van der Waals surface area (Å²) in [6.07, 6.45) is 0.557. The number of ether oxygens (including phenoxy) is 2. The molecule has 0 atom stereocenters. The Balaban J connectivity index is 1.77. The molecule has 0 radical (unpaired) electrons. The van der Waals surface area contributed by atoms with E-state index in [1.165, 1.54) is 16.4 Å². The molecule has 0 fully saturated rings. The van der Waals surface area contributed by atoms with Crippen LogP contribution in [0, 0.1) is 13.8 Å². The molecule has 34 heavy (non-hydrogen) atoms. The lowest BCUT2D eigenvalue weighted by atomic mass is 10.1. The van der Waals surface area contributed by atoms with Crippen LogP contribution in [0.5, 0.6) is 11.5 Å². The van der Waals surface area contributed by atoms with Crippen LogP contribution in [0.15, 0.2) is 71.6 Å². The van der Waals surface area contributed by atoms with Crippen molar-refractivity contribution in [1.29, 1.82) is 0 Å². The molecule has 0 aliphatic rings. The number of rotatable bonds is 10. The standard InChI is InChI=1S/C26H30N2O5S/c1-19-10-12-23(20(2)16-19)28(34(30,31)22-8-6-5-7-9-22)18-26(29)27-15-14-21-11-13-24(32-3)25(17-21)33-4/h5-13,16-17H,14-15,18H2,1-4H3,(H,27,29). The van der Waals surface area contributed by atoms with E-state index in [-0.39, 0.29) is 17.3 Å². The molecule has 3 aromatic carbocycles. The maximum absolute atomic E-state index is 13.5. The average Bonchev–Trinajstić information content (AvgIpc) is 2.83. The predicted octanol–water partition coefficient (Wildman–Crippen LogP) is 3.87. The summed E-state index contributed by atoms with van der Waals surface area (Å²) in [4.78, 5) is 13.0. The van der Waals surface area contributed by atoms with Gasteiger partial charge in [-0.1, -0.05) is 42.0 Å². The molecule has 7 nitrogen and oxygen atoms in total. The van der Waals surface area contributed by atoms with Gasteiger partial charge >= 0.3 is 0 Å². The Morgan fingerprint density at radius 2 is 1.62 bits per heavy atom. The minimum Gasteiger partial charge on any atom is -0.493 e. The fourth-order valence-electron chi connectivity index (χ4n) is 3.67. The number of nitrogens with one attached hydrogen (secondary N) is 1. The van der Waals surface area contributed by atoms with Crippen molar-refractivity contribution in [1.82, 2.24) is 5.32 Å². The smallest absolute Gasteiger partial charge is 0.264 e. The van der Waals surface area contributed by atoms with E-state index in [0.29, 0.717) is 30.2 Å². The summed E-state index contributed by atoms with van der Waals surface area (Å²) in [6, 6.07) is 19.2. The number of anilines is 1. The van der Waals surface area contributed by atoms with Gasteiger partial charge in [0, 0.05) is 6.54 Å². The zero-order valence-electron chi connectivity index (χ0n) is 19.9. The van der Waals surface area contributed by atoms with E-state index in [2.05, 4.69) is 5.32 Å². The highest BCUT2D eigenvalue weighted by Crippen LogP contribution is 2.28. The first-order chi connectivity index (χ1) is 16.3. The third-order valence-electron chi connectivity index (χ3n) is 5.42. The van der Waals surface area contributed by atoms with Gasteiger partial charge in [-0.25, -0.2) is 8.42 Å². The quantitative estimate of drug-likeness (QED) is 0.474. The van der Waals surface area contributed by atoms with Crippen LogP contribution in [0.4, 0.5) is 5.69 Å². The number of amides is 1. The molecule has 0 heterocycles. The van der Waals surface area contributed by atoms with Gasteiger partial charge in [0.25, 0.3) is 10.0 Å². The lowest BCUT2D eigenvalue weighted by Gasteiger charge is -2.26. The first-order valence-electron chi connectivity index (χ1n) is 10.9. The van der Waals surface area contributed by atoms with E-state index in [0.717, 1.165) is 16.7 Å². The summed E-state index contributed by atoms with van der Waals surface area (Å²) in [5, 5.41) is 2.83. The maximum atomic E-state index is 13.5. The fraction of sp³-hybridized carbons (Fsp3) is 0.269. The number of nitrogens with zero attached hydrogens (tertiary/aromatic N) is 1. The monoisotopic (exact) mass is 482 g/mol. The number of hydrogen-bond acceptors (Lipinski definition) is 5. The Morgan fingerprint density at radius 3 is 2.26 bits per heavy atom. The number of sulfonamides is 1. The highest BCUT2D eigenvalue weighted by molar-refractivity contribution is 7.92. The third kappa shape index (κ3) is 5.88. The van der Waals surface area contributed by atoms with Crippen molar-refractivity contribution in [3.05, 3.63) is 83.4 Å². The van der Waals surface area contributed by atoms with Gasteiger partial charge in [-0.15, -0.1) is 0 Å². The largest absolute Gasteiger partial charge is 0.493 e. The lowest BCUT2D eigenvalue weighted by molar-refractivity contribution is -0.119. The molecule has 1 amide bonds. The van der Waals surface area contributed by atoms with E-state index in [1.54, 1.807) is 38.5 Å². The maximum Gasteiger partial charge on any atom is 0.264 e. The van der Waals surface area contributed by atoms with Crippen molar-refractivity contribution in [2.75, 3.05) is 31.6 Å². The molecule has 0 aromatic heterocycles. The van der Waals surface area contributed by atoms with E-state index >= 15 is 0 Å². The van der Waals surface area contributed by atoms with Crippen LogP contribution in [0.25, 0.3) is 0 Å². The Morgan fingerprint density at radius 1 is 0.912 bits per heavy atom. The molecule has 3 aromatic rings. The minimum atomic E-state index is -3.94. The van der Waals surface area contributed by atoms with Gasteiger partial charge in [0.2, 0.25) is 5.91 Å². The molecule has 0 aliphatic heterocycles. The molecule has 0 saturated carbocycles. The summed E-state index contributed by atoms with van der Waals surface area (Å²) in [7, 11) is -0.796. The van der Waals surface area contributed by atoms with Gasteiger partial charge in [-0.3, -0.25) is 9.10 Å². The van der Waals surface area contributed by atoms with Crippen molar-refractivity contribution in [2.45, 2.75) is 25.2 Å². The fourth-order valence-corrected chi connectivity index (χ4v) is 5.18. The minimum absolute atomic E-state index is 0.133. The zero-order chi connectivity index (χ0) is 24.7. The van der Waals surface area contributed by atoms with Crippen LogP contribution in [0.1, 0.15) is 16.7 Å². The van der Waals surface area contributed by atoms with E-state index < -0.39 is 10.0 Å². The van der Waals surface area contributed by atoms with Crippen molar-refractivity contribution < 1.29 is 22.7 Å². The van der Waals surface area contributed by atoms with E-state index in [4.69, 9.17) is 9.47 Å². The lowest BCUT2D eigenvalue weighted by Crippen LogP contribution is -2.41. The molecule has 3 rings (SSSR count). The molecular weight excluding hydrogens is 452 g/mol. The van der Waals surface area contributed by atoms with Crippen LogP contribution in [-0.2, 0) is 21.2 Å². The predicted molar refractivity (Wildman–Crippen MR) is 133 cm³/mol. The molecular formula is C26H30N2O5S. The average molecular weight is 483 g/mol. The second-order valence-corrected chi connectivity index (χ2v) is 9.77. The van der Waals surface area contributed by atoms with Gasteiger partial charge in [0.15, 0.2) is 11.5 Å². The molecule has 180 valence electrons. The third-order valence-corrected chi connectivity index (χ3v) is 7.20. The van der Waals surface area contributed by atoms with Gasteiger partial charge in [-0.2, -0.15) is 0 Å². The summed E-state index contributed by atoms with van der Waals surface area (Å²) >= 11 is 0. The molecule has 0 unspecified atom stereocenters. The molecule has 0 aliphatic carbocycles. The number of methoxy groups -OCH3 is 2. The second kappa shape index (κ2) is 11.1. The summed E-state index contributed by atoms with van der Waals surface area (Å²) in [5.41, 5.74) is 3.22. The number of benzene rings is 3.